The van der Waals surface area contributed by atoms with Crippen LogP contribution in [0.5, 0.6) is 0 Å². The molecule has 0 bridgehead atoms. The molecule has 7 heteroatoms. The van der Waals surface area contributed by atoms with E-state index < -0.39 is 0 Å². The van der Waals surface area contributed by atoms with Crippen LogP contribution in [0.25, 0.3) is 6.08 Å². The van der Waals surface area contributed by atoms with Crippen molar-refractivity contribution in [2.75, 3.05) is 13.1 Å². The van der Waals surface area contributed by atoms with Gasteiger partial charge >= 0.3 is 0 Å². The summed E-state index contributed by atoms with van der Waals surface area (Å²) >= 11 is 6.34. The number of aryl methyl sites for hydroxylation is 1. The van der Waals surface area contributed by atoms with E-state index >= 15 is 0 Å². The largest absolute Gasteiger partial charge is 0.369 e. The molecule has 1 aromatic rings. The normalized spacial score (nSPS) is 18.3. The second kappa shape index (κ2) is 7.17. The number of aromatic nitrogens is 2. The van der Waals surface area contributed by atoms with Gasteiger partial charge in [-0.3, -0.25) is 14.3 Å². The summed E-state index contributed by atoms with van der Waals surface area (Å²) in [5, 5.41) is 4.95. The van der Waals surface area contributed by atoms with Crippen LogP contribution in [-0.2, 0) is 16.1 Å². The van der Waals surface area contributed by atoms with E-state index in [1.54, 1.807) is 15.7 Å². The Labute approximate surface area is 141 Å². The molecule has 0 aromatic carbocycles. The fourth-order valence-electron chi connectivity index (χ4n) is 2.68. The molecule has 0 aliphatic carbocycles. The molecule has 0 saturated carbocycles. The Morgan fingerprint density at radius 3 is 2.74 bits per heavy atom. The van der Waals surface area contributed by atoms with Gasteiger partial charge in [-0.2, -0.15) is 5.10 Å². The van der Waals surface area contributed by atoms with Crippen LogP contribution in [0.15, 0.2) is 6.08 Å². The van der Waals surface area contributed by atoms with Gasteiger partial charge in [-0.15, -0.1) is 0 Å². The van der Waals surface area contributed by atoms with Crippen LogP contribution >= 0.6 is 11.6 Å². The number of carbonyl (C=O) groups excluding carboxylic acids is 2. The Hall–Kier alpha value is -1.82. The van der Waals surface area contributed by atoms with Crippen LogP contribution < -0.4 is 5.73 Å². The third kappa shape index (κ3) is 4.13. The van der Waals surface area contributed by atoms with Gasteiger partial charge in [0.05, 0.1) is 11.6 Å². The van der Waals surface area contributed by atoms with Gasteiger partial charge in [0.25, 0.3) is 0 Å². The number of amides is 2. The molecule has 0 spiro atoms. The lowest BCUT2D eigenvalue weighted by Crippen LogP contribution is -2.30. The highest BCUT2D eigenvalue weighted by Crippen LogP contribution is 2.23. The minimum Gasteiger partial charge on any atom is -0.369 e. The monoisotopic (exact) mass is 338 g/mol. The maximum Gasteiger partial charge on any atom is 0.246 e. The molecular weight excluding hydrogens is 316 g/mol. The zero-order chi connectivity index (χ0) is 17.1. The molecule has 126 valence electrons. The van der Waals surface area contributed by atoms with Gasteiger partial charge in [0, 0.05) is 31.3 Å². The zero-order valence-electron chi connectivity index (χ0n) is 13.8. The molecular formula is C16H23ClN4O2. The molecule has 0 unspecified atom stereocenters. The van der Waals surface area contributed by atoms with Crippen LogP contribution in [0, 0.1) is 18.8 Å². The van der Waals surface area contributed by atoms with Crippen molar-refractivity contribution in [3.8, 4) is 0 Å². The Bertz CT molecular complexity index is 636. The molecule has 2 N–H and O–H groups in total. The van der Waals surface area contributed by atoms with Gasteiger partial charge in [-0.05, 0) is 25.3 Å². The van der Waals surface area contributed by atoms with Crippen LogP contribution in [0.2, 0.25) is 5.15 Å². The molecule has 1 aliphatic rings. The van der Waals surface area contributed by atoms with Crippen molar-refractivity contribution in [3.05, 3.63) is 22.5 Å². The van der Waals surface area contributed by atoms with Crippen molar-refractivity contribution in [1.29, 1.82) is 0 Å². The quantitative estimate of drug-likeness (QED) is 0.832. The lowest BCUT2D eigenvalue weighted by atomic mass is 10.1. The fraction of sp³-hybridized carbons (Fsp3) is 0.562. The molecule has 6 nitrogen and oxygen atoms in total. The van der Waals surface area contributed by atoms with Crippen LogP contribution in [0.3, 0.4) is 0 Å². The average Bonchev–Trinajstić information content (AvgIpc) is 3.04. The van der Waals surface area contributed by atoms with Gasteiger partial charge in [0.1, 0.15) is 5.15 Å². The number of primary amides is 1. The van der Waals surface area contributed by atoms with Crippen molar-refractivity contribution in [2.45, 2.75) is 33.7 Å². The first kappa shape index (κ1) is 17.5. The van der Waals surface area contributed by atoms with E-state index in [4.69, 9.17) is 17.3 Å². The molecule has 0 radical (unpaired) electrons. The predicted octanol–water partition coefficient (Wildman–Crippen LogP) is 1.85. The Balaban J connectivity index is 2.07. The number of hydrogen-bond acceptors (Lipinski definition) is 3. The van der Waals surface area contributed by atoms with Crippen molar-refractivity contribution < 1.29 is 9.59 Å². The minimum absolute atomic E-state index is 0.138. The summed E-state index contributed by atoms with van der Waals surface area (Å²) in [7, 11) is 0. The van der Waals surface area contributed by atoms with Gasteiger partial charge in [-0.25, -0.2) is 0 Å². The summed E-state index contributed by atoms with van der Waals surface area (Å²) in [6.07, 6.45) is 3.81. The second-order valence-corrected chi connectivity index (χ2v) is 6.73. The predicted molar refractivity (Wildman–Crippen MR) is 89.7 cm³/mol. The highest BCUT2D eigenvalue weighted by molar-refractivity contribution is 6.31. The van der Waals surface area contributed by atoms with E-state index in [2.05, 4.69) is 18.9 Å². The molecule has 23 heavy (non-hydrogen) atoms. The van der Waals surface area contributed by atoms with Crippen molar-refractivity contribution in [3.63, 3.8) is 0 Å². The minimum atomic E-state index is -0.349. The molecule has 1 fully saturated rings. The van der Waals surface area contributed by atoms with E-state index in [9.17, 15) is 9.59 Å². The lowest BCUT2D eigenvalue weighted by molar-refractivity contribution is -0.125. The van der Waals surface area contributed by atoms with Crippen molar-refractivity contribution in [2.24, 2.45) is 17.6 Å². The lowest BCUT2D eigenvalue weighted by Gasteiger charge is -2.13. The molecule has 2 amide bonds. The Morgan fingerprint density at radius 2 is 2.17 bits per heavy atom. The van der Waals surface area contributed by atoms with Gasteiger partial charge in [0.15, 0.2) is 0 Å². The Kier molecular flexibility index (Phi) is 5.46. The van der Waals surface area contributed by atoms with E-state index in [0.717, 1.165) is 17.8 Å². The SMILES string of the molecule is Cc1nn(CC(C)C)c(Cl)c1/C=C\C(=O)N1CC[C@H](C(N)=O)C1. The van der Waals surface area contributed by atoms with E-state index in [0.29, 0.717) is 30.6 Å². The zero-order valence-corrected chi connectivity index (χ0v) is 14.5. The summed E-state index contributed by atoms with van der Waals surface area (Å²) in [6.45, 7) is 7.72. The number of rotatable bonds is 5. The summed E-state index contributed by atoms with van der Waals surface area (Å²) < 4.78 is 1.75. The molecule has 1 atom stereocenters. The smallest absolute Gasteiger partial charge is 0.246 e. The first-order valence-corrected chi connectivity index (χ1v) is 8.16. The first-order chi connectivity index (χ1) is 10.8. The molecule has 1 saturated heterocycles. The maximum atomic E-state index is 12.2. The summed E-state index contributed by atoms with van der Waals surface area (Å²) in [6, 6.07) is 0. The third-order valence-electron chi connectivity index (χ3n) is 3.94. The number of nitrogens with zero attached hydrogens (tertiary/aromatic N) is 3. The van der Waals surface area contributed by atoms with E-state index in [-0.39, 0.29) is 17.7 Å². The van der Waals surface area contributed by atoms with E-state index in [1.165, 1.54) is 6.08 Å². The Morgan fingerprint density at radius 1 is 1.48 bits per heavy atom. The van der Waals surface area contributed by atoms with Crippen molar-refractivity contribution in [1.82, 2.24) is 14.7 Å². The summed E-state index contributed by atoms with van der Waals surface area (Å²) in [4.78, 5) is 25.0. The fourth-order valence-corrected chi connectivity index (χ4v) is 2.98. The third-order valence-corrected chi connectivity index (χ3v) is 4.34. The molecule has 1 aliphatic heterocycles. The number of carbonyl (C=O) groups is 2. The topological polar surface area (TPSA) is 81.2 Å². The standard InChI is InChI=1S/C16H23ClN4O2/c1-10(2)8-21-15(17)13(11(3)19-21)4-5-14(22)20-7-6-12(9-20)16(18)23/h4-5,10,12H,6-9H2,1-3H3,(H2,18,23)/b5-4-/t12-/m0/s1. The average molecular weight is 339 g/mol. The number of hydrogen-bond donors (Lipinski definition) is 1. The van der Waals surface area contributed by atoms with Crippen molar-refractivity contribution >= 4 is 29.5 Å². The second-order valence-electron chi connectivity index (χ2n) is 6.37. The molecule has 1 aromatic heterocycles. The van der Waals surface area contributed by atoms with Crippen LogP contribution in [0.1, 0.15) is 31.5 Å². The highest BCUT2D eigenvalue weighted by Gasteiger charge is 2.28. The molecule has 2 heterocycles. The number of nitrogens with two attached hydrogens (primary N) is 1. The van der Waals surface area contributed by atoms with Crippen LogP contribution in [-0.4, -0.2) is 39.6 Å². The highest BCUT2D eigenvalue weighted by atomic mass is 35.5. The van der Waals surface area contributed by atoms with Gasteiger partial charge < -0.3 is 10.6 Å². The first-order valence-electron chi connectivity index (χ1n) is 7.78. The number of likely N-dealkylation sites (tertiary alicyclic amines) is 1. The summed E-state index contributed by atoms with van der Waals surface area (Å²) in [5.74, 6) is -0.300. The van der Waals surface area contributed by atoms with Crippen LogP contribution in [0.4, 0.5) is 0 Å². The van der Waals surface area contributed by atoms with E-state index in [1.807, 2.05) is 6.92 Å². The maximum absolute atomic E-state index is 12.2. The van der Waals surface area contributed by atoms with Gasteiger partial charge in [0.2, 0.25) is 11.8 Å². The molecule has 2 rings (SSSR count). The summed E-state index contributed by atoms with van der Waals surface area (Å²) in [5.41, 5.74) is 6.83. The van der Waals surface area contributed by atoms with Gasteiger partial charge in [-0.1, -0.05) is 25.4 Å². The number of halogens is 1.